The summed E-state index contributed by atoms with van der Waals surface area (Å²) in [7, 11) is 0. The molecule has 0 aliphatic carbocycles. The molecule has 0 unspecified atom stereocenters. The summed E-state index contributed by atoms with van der Waals surface area (Å²) in [5, 5.41) is 0.874. The van der Waals surface area contributed by atoms with Crippen LogP contribution < -0.4 is 0 Å². The number of aryl methyl sites for hydroxylation is 1. The molecule has 3 nitrogen and oxygen atoms in total. The maximum Gasteiger partial charge on any atom is 0.174 e. The van der Waals surface area contributed by atoms with Crippen LogP contribution in [0.4, 0.5) is 4.39 Å². The molecule has 0 aliphatic rings. The van der Waals surface area contributed by atoms with Crippen LogP contribution in [-0.4, -0.2) is 21.1 Å². The van der Waals surface area contributed by atoms with Gasteiger partial charge in [0.15, 0.2) is 5.78 Å². The van der Waals surface area contributed by atoms with Crippen molar-refractivity contribution >= 4 is 29.1 Å². The monoisotopic (exact) mass is 374 g/mol. The Morgan fingerprint density at radius 2 is 2.04 bits per heavy atom. The maximum atomic E-state index is 13.4. The molecule has 2 heterocycles. The lowest BCUT2D eigenvalue weighted by Crippen LogP contribution is -2.06. The molecule has 128 valence electrons. The van der Waals surface area contributed by atoms with Crippen molar-refractivity contribution in [1.29, 1.82) is 0 Å². The minimum absolute atomic E-state index is 0.0308. The van der Waals surface area contributed by atoms with E-state index in [4.69, 9.17) is 11.6 Å². The van der Waals surface area contributed by atoms with Crippen molar-refractivity contribution in [1.82, 2.24) is 9.55 Å². The van der Waals surface area contributed by atoms with Crippen LogP contribution in [0.15, 0.2) is 53.7 Å². The summed E-state index contributed by atoms with van der Waals surface area (Å²) in [5.74, 6) is -0.120. The van der Waals surface area contributed by atoms with Crippen LogP contribution in [0.25, 0.3) is 5.69 Å². The fourth-order valence-corrected chi connectivity index (χ4v) is 3.64. The van der Waals surface area contributed by atoms with E-state index < -0.39 is 5.82 Å². The highest BCUT2D eigenvalue weighted by Crippen LogP contribution is 2.26. The Labute approximate surface area is 154 Å². The smallest absolute Gasteiger partial charge is 0.174 e. The largest absolute Gasteiger partial charge is 0.318 e. The third-order valence-corrected chi connectivity index (χ3v) is 5.12. The number of pyridine rings is 1. The van der Waals surface area contributed by atoms with Crippen molar-refractivity contribution in [3.05, 3.63) is 76.5 Å². The molecule has 0 fully saturated rings. The van der Waals surface area contributed by atoms with E-state index in [9.17, 15) is 9.18 Å². The van der Waals surface area contributed by atoms with Gasteiger partial charge < -0.3 is 4.57 Å². The van der Waals surface area contributed by atoms with Crippen LogP contribution in [0, 0.1) is 19.7 Å². The Balaban J connectivity index is 1.86. The number of nitrogens with zero attached hydrogens (tertiary/aromatic N) is 2. The van der Waals surface area contributed by atoms with Crippen molar-refractivity contribution in [2.24, 2.45) is 0 Å². The molecule has 25 heavy (non-hydrogen) atoms. The molecular formula is C19H16ClFN2OS. The van der Waals surface area contributed by atoms with Crippen molar-refractivity contribution < 1.29 is 9.18 Å². The Morgan fingerprint density at radius 1 is 1.24 bits per heavy atom. The van der Waals surface area contributed by atoms with E-state index in [0.717, 1.165) is 22.1 Å². The molecule has 0 saturated carbocycles. The SMILES string of the molecule is Cc1cc(C(=O)CSc2ccccn2)c(C)n1-c1ccc(F)c(Cl)c1. The average molecular weight is 375 g/mol. The fourth-order valence-electron chi connectivity index (χ4n) is 2.72. The number of Topliss-reactive ketones (excluding diaryl/α,β-unsaturated/α-hetero) is 1. The van der Waals surface area contributed by atoms with Gasteiger partial charge in [-0.15, -0.1) is 0 Å². The van der Waals surface area contributed by atoms with Crippen LogP contribution in [0.3, 0.4) is 0 Å². The van der Waals surface area contributed by atoms with Gasteiger partial charge in [0.05, 0.1) is 15.8 Å². The van der Waals surface area contributed by atoms with Crippen molar-refractivity contribution in [2.45, 2.75) is 18.9 Å². The van der Waals surface area contributed by atoms with E-state index >= 15 is 0 Å². The number of carbonyl (C=O) groups is 1. The zero-order valence-corrected chi connectivity index (χ0v) is 15.4. The van der Waals surface area contributed by atoms with Crippen LogP contribution in [0.1, 0.15) is 21.7 Å². The number of rotatable bonds is 5. The van der Waals surface area contributed by atoms with E-state index in [-0.39, 0.29) is 10.8 Å². The van der Waals surface area contributed by atoms with Gasteiger partial charge in [-0.2, -0.15) is 0 Å². The highest BCUT2D eigenvalue weighted by atomic mass is 35.5. The number of halogens is 2. The fraction of sp³-hybridized carbons (Fsp3) is 0.158. The van der Waals surface area contributed by atoms with Crippen LogP contribution in [0.2, 0.25) is 5.02 Å². The summed E-state index contributed by atoms with van der Waals surface area (Å²) in [6.45, 7) is 3.79. The highest BCUT2D eigenvalue weighted by molar-refractivity contribution is 7.99. The minimum Gasteiger partial charge on any atom is -0.318 e. The van der Waals surface area contributed by atoms with Gasteiger partial charge in [-0.05, 0) is 50.2 Å². The second-order valence-electron chi connectivity index (χ2n) is 5.60. The molecule has 2 aromatic heterocycles. The summed E-state index contributed by atoms with van der Waals surface area (Å²) in [6, 6.07) is 12.0. The van der Waals surface area contributed by atoms with Gasteiger partial charge in [0, 0.05) is 28.8 Å². The molecule has 0 atom stereocenters. The summed E-state index contributed by atoms with van der Waals surface area (Å²) in [5.41, 5.74) is 3.09. The summed E-state index contributed by atoms with van der Waals surface area (Å²) < 4.78 is 15.3. The quantitative estimate of drug-likeness (QED) is 0.451. The molecular weight excluding hydrogens is 359 g/mol. The second kappa shape index (κ2) is 7.42. The molecule has 0 saturated heterocycles. The van der Waals surface area contributed by atoms with Gasteiger partial charge in [-0.25, -0.2) is 9.37 Å². The molecule has 6 heteroatoms. The van der Waals surface area contributed by atoms with Gasteiger partial charge in [0.1, 0.15) is 5.82 Å². The topological polar surface area (TPSA) is 34.9 Å². The van der Waals surface area contributed by atoms with E-state index in [2.05, 4.69) is 4.98 Å². The number of hydrogen-bond acceptors (Lipinski definition) is 3. The van der Waals surface area contributed by atoms with Crippen LogP contribution >= 0.6 is 23.4 Å². The lowest BCUT2D eigenvalue weighted by Gasteiger charge is -2.10. The number of carbonyl (C=O) groups excluding carboxylic acids is 1. The Bertz CT molecular complexity index is 925. The van der Waals surface area contributed by atoms with E-state index in [0.29, 0.717) is 11.3 Å². The molecule has 0 spiro atoms. The molecule has 1 aromatic carbocycles. The first-order valence-corrected chi connectivity index (χ1v) is 9.05. The molecule has 0 N–H and O–H groups in total. The highest BCUT2D eigenvalue weighted by Gasteiger charge is 2.17. The number of aromatic nitrogens is 2. The number of ketones is 1. The van der Waals surface area contributed by atoms with Gasteiger partial charge in [0.25, 0.3) is 0 Å². The molecule has 0 bridgehead atoms. The Morgan fingerprint density at radius 3 is 2.72 bits per heavy atom. The number of benzene rings is 1. The standard InChI is InChI=1S/C19H16ClFN2OS/c1-12-9-15(18(24)11-25-19-5-3-4-8-22-19)13(2)23(12)14-6-7-17(21)16(20)10-14/h3-10H,11H2,1-2H3. The first-order chi connectivity index (χ1) is 12.0. The van der Waals surface area contributed by atoms with Gasteiger partial charge >= 0.3 is 0 Å². The van der Waals surface area contributed by atoms with E-state index in [1.807, 2.05) is 42.7 Å². The van der Waals surface area contributed by atoms with Gasteiger partial charge in [-0.1, -0.05) is 29.4 Å². The van der Waals surface area contributed by atoms with Crippen molar-refractivity contribution in [3.8, 4) is 5.69 Å². The Hall–Kier alpha value is -2.11. The molecule has 3 aromatic rings. The maximum absolute atomic E-state index is 13.4. The van der Waals surface area contributed by atoms with Crippen molar-refractivity contribution in [2.75, 3.05) is 5.75 Å². The molecule has 3 rings (SSSR count). The van der Waals surface area contributed by atoms with Crippen molar-refractivity contribution in [3.63, 3.8) is 0 Å². The lowest BCUT2D eigenvalue weighted by molar-refractivity contribution is 0.102. The molecule has 0 radical (unpaired) electrons. The van der Waals surface area contributed by atoms with Crippen LogP contribution in [0.5, 0.6) is 0 Å². The molecule has 0 aliphatic heterocycles. The number of thioether (sulfide) groups is 1. The Kier molecular flexibility index (Phi) is 5.25. The predicted octanol–water partition coefficient (Wildman–Crippen LogP) is 5.26. The normalized spacial score (nSPS) is 10.9. The zero-order valence-electron chi connectivity index (χ0n) is 13.8. The average Bonchev–Trinajstić information content (AvgIpc) is 2.91. The van der Waals surface area contributed by atoms with Gasteiger partial charge in [0.2, 0.25) is 0 Å². The third-order valence-electron chi connectivity index (χ3n) is 3.88. The first-order valence-electron chi connectivity index (χ1n) is 7.69. The predicted molar refractivity (Wildman–Crippen MR) is 99.5 cm³/mol. The van der Waals surface area contributed by atoms with Crippen LogP contribution in [-0.2, 0) is 0 Å². The van der Waals surface area contributed by atoms with E-state index in [1.54, 1.807) is 18.3 Å². The number of hydrogen-bond donors (Lipinski definition) is 0. The summed E-state index contributed by atoms with van der Waals surface area (Å²) >= 11 is 7.30. The lowest BCUT2D eigenvalue weighted by atomic mass is 10.2. The van der Waals surface area contributed by atoms with E-state index in [1.165, 1.54) is 17.8 Å². The first kappa shape index (κ1) is 17.7. The zero-order chi connectivity index (χ0) is 18.0. The summed E-state index contributed by atoms with van der Waals surface area (Å²) in [4.78, 5) is 16.8. The molecule has 0 amide bonds. The summed E-state index contributed by atoms with van der Waals surface area (Å²) in [6.07, 6.45) is 1.71. The second-order valence-corrected chi connectivity index (χ2v) is 7.00. The third kappa shape index (κ3) is 3.78. The van der Waals surface area contributed by atoms with Gasteiger partial charge in [-0.3, -0.25) is 4.79 Å². The minimum atomic E-state index is -0.462.